The maximum absolute atomic E-state index is 12.4. The number of carbonyl (C=O) groups is 1. The molecule has 3 aromatic rings. The first-order valence-electron chi connectivity index (χ1n) is 8.27. The van der Waals surface area contributed by atoms with Gasteiger partial charge in [-0.1, -0.05) is 46.3 Å². The normalized spacial score (nSPS) is 11.9. The van der Waals surface area contributed by atoms with Crippen LogP contribution < -0.4 is 5.32 Å². The molecule has 1 atom stereocenters. The van der Waals surface area contributed by atoms with Gasteiger partial charge in [-0.3, -0.25) is 4.79 Å². The molecule has 5 heteroatoms. The standard InChI is InChI=1S/C20H20BrN3O/c1-15(7-8-16-5-3-2-4-6-16)23-20(25)17-13-22-24(14-17)19-11-9-18(21)10-12-19/h2-6,9-15H,7-8H2,1H3,(H,23,25)/t15-/m1/s1. The van der Waals surface area contributed by atoms with E-state index in [9.17, 15) is 4.79 Å². The van der Waals surface area contributed by atoms with Gasteiger partial charge in [-0.25, -0.2) is 4.68 Å². The zero-order valence-corrected chi connectivity index (χ0v) is 15.6. The van der Waals surface area contributed by atoms with Gasteiger partial charge in [0.1, 0.15) is 0 Å². The maximum atomic E-state index is 12.4. The SMILES string of the molecule is C[C@H](CCc1ccccc1)NC(=O)c1cnn(-c2ccc(Br)cc2)c1. The second-order valence-corrected chi connectivity index (χ2v) is 6.96. The highest BCUT2D eigenvalue weighted by Crippen LogP contribution is 2.14. The van der Waals surface area contributed by atoms with Gasteiger partial charge >= 0.3 is 0 Å². The van der Waals surface area contributed by atoms with E-state index in [2.05, 4.69) is 38.5 Å². The maximum Gasteiger partial charge on any atom is 0.254 e. The number of carbonyl (C=O) groups excluding carboxylic acids is 1. The molecule has 0 radical (unpaired) electrons. The first-order valence-corrected chi connectivity index (χ1v) is 9.06. The average Bonchev–Trinajstić information content (AvgIpc) is 3.12. The van der Waals surface area contributed by atoms with Crippen LogP contribution in [0.4, 0.5) is 0 Å². The second kappa shape index (κ2) is 8.12. The number of aromatic nitrogens is 2. The van der Waals surface area contributed by atoms with Gasteiger partial charge in [-0.15, -0.1) is 0 Å². The molecular weight excluding hydrogens is 378 g/mol. The van der Waals surface area contributed by atoms with E-state index < -0.39 is 0 Å². The first kappa shape index (κ1) is 17.4. The Labute approximate surface area is 156 Å². The van der Waals surface area contributed by atoms with Crippen LogP contribution in [0.25, 0.3) is 5.69 Å². The fourth-order valence-electron chi connectivity index (χ4n) is 2.58. The molecule has 0 spiro atoms. The van der Waals surface area contributed by atoms with Crippen molar-refractivity contribution in [2.24, 2.45) is 0 Å². The zero-order chi connectivity index (χ0) is 17.6. The van der Waals surface area contributed by atoms with Crippen LogP contribution in [0.1, 0.15) is 29.3 Å². The van der Waals surface area contributed by atoms with Crippen molar-refractivity contribution in [1.29, 1.82) is 0 Å². The van der Waals surface area contributed by atoms with Gasteiger partial charge in [-0.05, 0) is 49.6 Å². The highest BCUT2D eigenvalue weighted by Gasteiger charge is 2.12. The largest absolute Gasteiger partial charge is 0.349 e. The van der Waals surface area contributed by atoms with Crippen LogP contribution in [0.15, 0.2) is 71.5 Å². The van der Waals surface area contributed by atoms with Crippen LogP contribution in [0.3, 0.4) is 0 Å². The van der Waals surface area contributed by atoms with E-state index in [-0.39, 0.29) is 11.9 Å². The van der Waals surface area contributed by atoms with Crippen LogP contribution >= 0.6 is 15.9 Å². The van der Waals surface area contributed by atoms with Crippen molar-refractivity contribution in [3.05, 3.63) is 82.6 Å². The molecule has 3 rings (SSSR count). The zero-order valence-electron chi connectivity index (χ0n) is 14.0. The van der Waals surface area contributed by atoms with Gasteiger partial charge in [-0.2, -0.15) is 5.10 Å². The number of nitrogens with zero attached hydrogens (tertiary/aromatic N) is 2. The summed E-state index contributed by atoms with van der Waals surface area (Å²) < 4.78 is 2.71. The molecule has 0 bridgehead atoms. The molecule has 0 aliphatic heterocycles. The van der Waals surface area contributed by atoms with Crippen molar-refractivity contribution >= 4 is 21.8 Å². The van der Waals surface area contributed by atoms with Crippen LogP contribution in [-0.2, 0) is 6.42 Å². The predicted octanol–water partition coefficient (Wildman–Crippen LogP) is 4.39. The Hall–Kier alpha value is -2.40. The van der Waals surface area contributed by atoms with Gasteiger partial charge in [0.2, 0.25) is 0 Å². The summed E-state index contributed by atoms with van der Waals surface area (Å²) in [5.41, 5.74) is 2.76. The Balaban J connectivity index is 1.57. The third kappa shape index (κ3) is 4.79. The predicted molar refractivity (Wildman–Crippen MR) is 103 cm³/mol. The third-order valence-electron chi connectivity index (χ3n) is 4.02. The molecule has 1 N–H and O–H groups in total. The highest BCUT2D eigenvalue weighted by atomic mass is 79.9. The molecule has 128 valence electrons. The van der Waals surface area contributed by atoms with E-state index in [0.29, 0.717) is 5.56 Å². The molecule has 1 amide bonds. The van der Waals surface area contributed by atoms with Crippen LogP contribution in [0.2, 0.25) is 0 Å². The molecule has 0 saturated carbocycles. The molecular formula is C20H20BrN3O. The lowest BCUT2D eigenvalue weighted by atomic mass is 10.1. The van der Waals surface area contributed by atoms with Gasteiger partial charge < -0.3 is 5.32 Å². The van der Waals surface area contributed by atoms with Gasteiger partial charge in [0.25, 0.3) is 5.91 Å². The van der Waals surface area contributed by atoms with E-state index >= 15 is 0 Å². The van der Waals surface area contributed by atoms with Crippen LogP contribution in [0, 0.1) is 0 Å². The smallest absolute Gasteiger partial charge is 0.254 e. The molecule has 0 aliphatic rings. The lowest BCUT2D eigenvalue weighted by molar-refractivity contribution is 0.0938. The van der Waals surface area contributed by atoms with Gasteiger partial charge in [0, 0.05) is 16.7 Å². The number of halogens is 1. The summed E-state index contributed by atoms with van der Waals surface area (Å²) in [6.45, 7) is 2.03. The fourth-order valence-corrected chi connectivity index (χ4v) is 2.85. The minimum atomic E-state index is -0.0936. The van der Waals surface area contributed by atoms with Crippen molar-refractivity contribution in [3.8, 4) is 5.69 Å². The average molecular weight is 398 g/mol. The first-order chi connectivity index (χ1) is 12.1. The number of hydrogen-bond donors (Lipinski definition) is 1. The topological polar surface area (TPSA) is 46.9 Å². The van der Waals surface area contributed by atoms with E-state index in [1.54, 1.807) is 17.1 Å². The van der Waals surface area contributed by atoms with Gasteiger partial charge in [0.15, 0.2) is 0 Å². The number of nitrogens with one attached hydrogen (secondary N) is 1. The summed E-state index contributed by atoms with van der Waals surface area (Å²) in [7, 11) is 0. The molecule has 4 nitrogen and oxygen atoms in total. The van der Waals surface area contributed by atoms with Crippen molar-refractivity contribution in [2.45, 2.75) is 25.8 Å². The molecule has 25 heavy (non-hydrogen) atoms. The number of rotatable bonds is 6. The third-order valence-corrected chi connectivity index (χ3v) is 4.55. The Bertz CT molecular complexity index is 828. The molecule has 2 aromatic carbocycles. The quantitative estimate of drug-likeness (QED) is 0.670. The molecule has 0 aliphatic carbocycles. The summed E-state index contributed by atoms with van der Waals surface area (Å²) in [5.74, 6) is -0.0936. The summed E-state index contributed by atoms with van der Waals surface area (Å²) in [5, 5.41) is 7.32. The minimum Gasteiger partial charge on any atom is -0.349 e. The monoisotopic (exact) mass is 397 g/mol. The van der Waals surface area contributed by atoms with Crippen LogP contribution in [-0.4, -0.2) is 21.7 Å². The summed E-state index contributed by atoms with van der Waals surface area (Å²) >= 11 is 3.41. The van der Waals surface area contributed by atoms with Crippen LogP contribution in [0.5, 0.6) is 0 Å². The summed E-state index contributed by atoms with van der Waals surface area (Å²) in [6.07, 6.45) is 5.20. The molecule has 0 fully saturated rings. The minimum absolute atomic E-state index is 0.0936. The van der Waals surface area contributed by atoms with Crippen molar-refractivity contribution in [2.75, 3.05) is 0 Å². The number of aryl methyl sites for hydroxylation is 1. The summed E-state index contributed by atoms with van der Waals surface area (Å²) in [6, 6.07) is 18.2. The number of amides is 1. The Morgan fingerprint density at radius 2 is 1.88 bits per heavy atom. The fraction of sp³-hybridized carbons (Fsp3) is 0.200. The Morgan fingerprint density at radius 3 is 2.60 bits per heavy atom. The number of hydrogen-bond acceptors (Lipinski definition) is 2. The molecule has 0 saturated heterocycles. The second-order valence-electron chi connectivity index (χ2n) is 6.05. The molecule has 1 aromatic heterocycles. The van der Waals surface area contributed by atoms with E-state index in [1.165, 1.54) is 5.56 Å². The van der Waals surface area contributed by atoms with Crippen molar-refractivity contribution < 1.29 is 4.79 Å². The molecule has 1 heterocycles. The lowest BCUT2D eigenvalue weighted by Crippen LogP contribution is -2.32. The van der Waals surface area contributed by atoms with Crippen molar-refractivity contribution in [3.63, 3.8) is 0 Å². The molecule has 0 unspecified atom stereocenters. The van der Waals surface area contributed by atoms with E-state index in [1.807, 2.05) is 49.4 Å². The summed E-state index contributed by atoms with van der Waals surface area (Å²) in [4.78, 5) is 12.4. The Morgan fingerprint density at radius 1 is 1.16 bits per heavy atom. The van der Waals surface area contributed by atoms with Gasteiger partial charge in [0.05, 0.1) is 17.4 Å². The van der Waals surface area contributed by atoms with E-state index in [4.69, 9.17) is 0 Å². The van der Waals surface area contributed by atoms with Crippen molar-refractivity contribution in [1.82, 2.24) is 15.1 Å². The Kier molecular flexibility index (Phi) is 5.66. The highest BCUT2D eigenvalue weighted by molar-refractivity contribution is 9.10. The number of benzene rings is 2. The lowest BCUT2D eigenvalue weighted by Gasteiger charge is -2.13. The van der Waals surface area contributed by atoms with E-state index in [0.717, 1.165) is 23.0 Å².